The number of hydrogen-bond acceptors (Lipinski definition) is 1. The molecule has 0 saturated carbocycles. The lowest BCUT2D eigenvalue weighted by molar-refractivity contribution is 0.427. The topological polar surface area (TPSA) is 17.8 Å². The maximum Gasteiger partial charge on any atom is 0.153 e. The summed E-state index contributed by atoms with van der Waals surface area (Å²) < 4.78 is 13.2. The van der Waals surface area contributed by atoms with Crippen LogP contribution in [0.15, 0.2) is 6.20 Å². The molecular weight excluding hydrogens is 155 g/mol. The molecule has 0 aliphatic rings. The first-order valence-electron chi connectivity index (χ1n) is 2.99. The summed E-state index contributed by atoms with van der Waals surface area (Å²) in [5.41, 5.74) is 0.884. The van der Waals surface area contributed by atoms with E-state index < -0.39 is 6.67 Å². The largest absolute Gasteiger partial charge is 0.268 e. The number of alkyl halides is 1. The van der Waals surface area contributed by atoms with Crippen molar-refractivity contribution >= 4 is 11.6 Å². The molecule has 0 N–H and O–H groups in total. The molecule has 0 aliphatic heterocycles. The molecule has 4 heteroatoms. The highest BCUT2D eigenvalue weighted by molar-refractivity contribution is 6.30. The first-order chi connectivity index (χ1) is 4.74. The Morgan fingerprint density at radius 1 is 1.80 bits per heavy atom. The van der Waals surface area contributed by atoms with Gasteiger partial charge in [0.05, 0.1) is 6.54 Å². The Morgan fingerprint density at radius 2 is 2.50 bits per heavy atom. The van der Waals surface area contributed by atoms with Crippen molar-refractivity contribution in [3.05, 3.63) is 16.9 Å². The van der Waals surface area contributed by atoms with Crippen molar-refractivity contribution in [2.24, 2.45) is 0 Å². The van der Waals surface area contributed by atoms with Crippen LogP contribution in [-0.4, -0.2) is 16.5 Å². The summed E-state index contributed by atoms with van der Waals surface area (Å²) in [7, 11) is 0. The fourth-order valence-electron chi connectivity index (χ4n) is 0.698. The number of aryl methyl sites for hydroxylation is 2. The van der Waals surface area contributed by atoms with Gasteiger partial charge in [-0.15, -0.1) is 0 Å². The maximum atomic E-state index is 11.7. The van der Waals surface area contributed by atoms with E-state index in [4.69, 9.17) is 11.6 Å². The van der Waals surface area contributed by atoms with Crippen LogP contribution in [0.2, 0.25) is 5.15 Å². The zero-order valence-corrected chi connectivity index (χ0v) is 6.40. The summed E-state index contributed by atoms with van der Waals surface area (Å²) >= 11 is 5.61. The van der Waals surface area contributed by atoms with Gasteiger partial charge in [-0.25, -0.2) is 4.39 Å². The molecule has 0 saturated heterocycles. The second-order valence-corrected chi connectivity index (χ2v) is 2.41. The molecule has 1 aromatic rings. The average Bonchev–Trinajstić information content (AvgIpc) is 2.14. The Balaban J connectivity index is 2.77. The van der Waals surface area contributed by atoms with E-state index in [1.165, 1.54) is 4.68 Å². The van der Waals surface area contributed by atoms with Crippen molar-refractivity contribution in [1.29, 1.82) is 0 Å². The predicted molar refractivity (Wildman–Crippen MR) is 37.9 cm³/mol. The molecule has 0 spiro atoms. The molecule has 1 aromatic heterocycles. The normalized spacial score (nSPS) is 10.3. The minimum Gasteiger partial charge on any atom is -0.268 e. The van der Waals surface area contributed by atoms with E-state index in [1.807, 2.05) is 6.92 Å². The third-order valence-corrected chi connectivity index (χ3v) is 1.57. The Bertz CT molecular complexity index is 202. The van der Waals surface area contributed by atoms with Gasteiger partial charge in [-0.3, -0.25) is 4.68 Å². The fourth-order valence-corrected chi connectivity index (χ4v) is 0.844. The number of aromatic nitrogens is 2. The third-order valence-electron chi connectivity index (χ3n) is 1.20. The molecule has 0 amide bonds. The van der Waals surface area contributed by atoms with E-state index in [2.05, 4.69) is 5.10 Å². The quantitative estimate of drug-likeness (QED) is 0.649. The van der Waals surface area contributed by atoms with E-state index in [0.29, 0.717) is 5.15 Å². The Labute approximate surface area is 63.6 Å². The first kappa shape index (κ1) is 7.54. The molecule has 0 bridgehead atoms. The Kier molecular flexibility index (Phi) is 2.27. The van der Waals surface area contributed by atoms with Gasteiger partial charge in [-0.1, -0.05) is 11.6 Å². The van der Waals surface area contributed by atoms with Crippen molar-refractivity contribution in [2.45, 2.75) is 13.5 Å². The number of halogens is 2. The van der Waals surface area contributed by atoms with E-state index in [-0.39, 0.29) is 6.54 Å². The van der Waals surface area contributed by atoms with Crippen molar-refractivity contribution < 1.29 is 4.39 Å². The van der Waals surface area contributed by atoms with Gasteiger partial charge in [-0.05, 0) is 6.92 Å². The average molecular weight is 163 g/mol. The zero-order chi connectivity index (χ0) is 7.56. The van der Waals surface area contributed by atoms with Crippen LogP contribution in [0.25, 0.3) is 0 Å². The molecule has 2 nitrogen and oxygen atoms in total. The summed E-state index contributed by atoms with van der Waals surface area (Å²) in [4.78, 5) is 0. The van der Waals surface area contributed by atoms with Crippen LogP contribution in [-0.2, 0) is 6.54 Å². The van der Waals surface area contributed by atoms with Crippen LogP contribution in [0.5, 0.6) is 0 Å². The van der Waals surface area contributed by atoms with Crippen molar-refractivity contribution in [1.82, 2.24) is 9.78 Å². The first-order valence-corrected chi connectivity index (χ1v) is 3.37. The van der Waals surface area contributed by atoms with Crippen molar-refractivity contribution in [3.8, 4) is 0 Å². The second kappa shape index (κ2) is 3.01. The maximum absolute atomic E-state index is 11.7. The van der Waals surface area contributed by atoms with Crippen LogP contribution in [0.1, 0.15) is 5.56 Å². The van der Waals surface area contributed by atoms with Crippen LogP contribution < -0.4 is 0 Å². The van der Waals surface area contributed by atoms with E-state index in [0.717, 1.165) is 5.56 Å². The van der Waals surface area contributed by atoms with Crippen molar-refractivity contribution in [3.63, 3.8) is 0 Å². The minimum atomic E-state index is -0.405. The lowest BCUT2D eigenvalue weighted by atomic mass is 10.4. The van der Waals surface area contributed by atoms with Crippen LogP contribution in [0.3, 0.4) is 0 Å². The highest BCUT2D eigenvalue weighted by atomic mass is 35.5. The van der Waals surface area contributed by atoms with E-state index >= 15 is 0 Å². The summed E-state index contributed by atoms with van der Waals surface area (Å²) in [5, 5.41) is 4.29. The van der Waals surface area contributed by atoms with Crippen LogP contribution >= 0.6 is 11.6 Å². The second-order valence-electron chi connectivity index (χ2n) is 2.05. The van der Waals surface area contributed by atoms with Gasteiger partial charge in [0, 0.05) is 11.8 Å². The molecule has 0 fully saturated rings. The van der Waals surface area contributed by atoms with Gasteiger partial charge in [0.25, 0.3) is 0 Å². The minimum absolute atomic E-state index is 0.285. The fraction of sp³-hybridized carbons (Fsp3) is 0.500. The Morgan fingerprint density at radius 3 is 2.90 bits per heavy atom. The molecule has 10 heavy (non-hydrogen) atoms. The smallest absolute Gasteiger partial charge is 0.153 e. The van der Waals surface area contributed by atoms with E-state index in [1.54, 1.807) is 6.20 Å². The lowest BCUT2D eigenvalue weighted by Gasteiger charge is -1.91. The predicted octanol–water partition coefficient (Wildman–Crippen LogP) is 1.81. The monoisotopic (exact) mass is 162 g/mol. The molecule has 0 radical (unpaired) electrons. The molecule has 0 aromatic carbocycles. The van der Waals surface area contributed by atoms with E-state index in [9.17, 15) is 4.39 Å². The van der Waals surface area contributed by atoms with Crippen molar-refractivity contribution in [2.75, 3.05) is 6.67 Å². The van der Waals surface area contributed by atoms with Gasteiger partial charge in [0.15, 0.2) is 5.15 Å². The summed E-state index contributed by atoms with van der Waals surface area (Å²) in [5.74, 6) is 0. The molecule has 0 atom stereocenters. The van der Waals surface area contributed by atoms with Crippen LogP contribution in [0.4, 0.5) is 4.39 Å². The lowest BCUT2D eigenvalue weighted by Crippen LogP contribution is -1.99. The highest BCUT2D eigenvalue weighted by Crippen LogP contribution is 2.10. The molecule has 1 rings (SSSR count). The number of nitrogens with zero attached hydrogens (tertiary/aromatic N) is 2. The molecule has 56 valence electrons. The SMILES string of the molecule is Cc1cn(CCF)nc1Cl. The van der Waals surface area contributed by atoms with Gasteiger partial charge < -0.3 is 0 Å². The standard InChI is InChI=1S/C6H8ClFN2/c1-5-4-10(3-2-8)9-6(5)7/h4H,2-3H2,1H3. The van der Waals surface area contributed by atoms with Gasteiger partial charge >= 0.3 is 0 Å². The van der Waals surface area contributed by atoms with Gasteiger partial charge in [0.1, 0.15) is 6.67 Å². The molecule has 1 heterocycles. The summed E-state index contributed by atoms with van der Waals surface area (Å²) in [6.45, 7) is 1.72. The van der Waals surface area contributed by atoms with Crippen LogP contribution in [0, 0.1) is 6.92 Å². The zero-order valence-electron chi connectivity index (χ0n) is 5.64. The highest BCUT2D eigenvalue weighted by Gasteiger charge is 1.99. The Hall–Kier alpha value is -0.570. The molecular formula is C6H8ClFN2. The number of rotatable bonds is 2. The molecule has 0 aliphatic carbocycles. The number of hydrogen-bond donors (Lipinski definition) is 0. The van der Waals surface area contributed by atoms with Gasteiger partial charge in [0.2, 0.25) is 0 Å². The summed E-state index contributed by atoms with van der Waals surface area (Å²) in [6, 6.07) is 0. The third kappa shape index (κ3) is 1.48. The van der Waals surface area contributed by atoms with Gasteiger partial charge in [-0.2, -0.15) is 5.10 Å². The molecule has 0 unspecified atom stereocenters. The summed E-state index contributed by atoms with van der Waals surface area (Å²) in [6.07, 6.45) is 1.72.